The molecule has 3 nitrogen and oxygen atoms in total. The number of hydrogen-bond acceptors (Lipinski definition) is 2. The summed E-state index contributed by atoms with van der Waals surface area (Å²) in [6.45, 7) is 7.52. The van der Waals surface area contributed by atoms with Crippen LogP contribution in [0.4, 0.5) is 5.69 Å². The van der Waals surface area contributed by atoms with E-state index in [0.29, 0.717) is 0 Å². The summed E-state index contributed by atoms with van der Waals surface area (Å²) in [5, 5.41) is 1.36. The fourth-order valence-corrected chi connectivity index (χ4v) is 4.41. The molecule has 1 saturated heterocycles. The zero-order chi connectivity index (χ0) is 19.6. The lowest BCUT2D eigenvalue weighted by molar-refractivity contribution is 0.250. The Hall–Kier alpha value is -3.04. The van der Waals surface area contributed by atoms with Gasteiger partial charge in [-0.25, -0.2) is 0 Å². The molecule has 0 spiro atoms. The maximum absolute atomic E-state index is 2.59. The van der Waals surface area contributed by atoms with Crippen LogP contribution >= 0.6 is 0 Å². The molecule has 0 N–H and O–H groups in total. The van der Waals surface area contributed by atoms with Crippen molar-refractivity contribution in [2.75, 3.05) is 31.1 Å². The van der Waals surface area contributed by atoms with Gasteiger partial charge in [0.15, 0.2) is 0 Å². The molecule has 3 aromatic carbocycles. The second-order valence-corrected chi connectivity index (χ2v) is 7.98. The van der Waals surface area contributed by atoms with E-state index in [1.165, 1.54) is 33.4 Å². The van der Waals surface area contributed by atoms with E-state index in [2.05, 4.69) is 106 Å². The molecule has 0 atom stereocenters. The number of nitrogens with zero attached hydrogens (tertiary/aromatic N) is 3. The third-order valence-corrected chi connectivity index (χ3v) is 5.96. The second-order valence-electron chi connectivity index (χ2n) is 7.98. The Morgan fingerprint density at radius 1 is 0.724 bits per heavy atom. The van der Waals surface area contributed by atoms with Crippen LogP contribution in [0, 0.1) is 6.92 Å². The zero-order valence-electron chi connectivity index (χ0n) is 17.0. The second kappa shape index (κ2) is 7.76. The van der Waals surface area contributed by atoms with E-state index in [1.54, 1.807) is 0 Å². The van der Waals surface area contributed by atoms with Crippen molar-refractivity contribution in [1.82, 2.24) is 9.47 Å². The van der Waals surface area contributed by atoms with Crippen molar-refractivity contribution < 1.29 is 0 Å². The van der Waals surface area contributed by atoms with Crippen LogP contribution in [-0.2, 0) is 6.54 Å². The van der Waals surface area contributed by atoms with E-state index in [4.69, 9.17) is 0 Å². The fourth-order valence-electron chi connectivity index (χ4n) is 4.41. The highest BCUT2D eigenvalue weighted by atomic mass is 15.3. The first-order valence-corrected chi connectivity index (χ1v) is 10.5. The van der Waals surface area contributed by atoms with Crippen LogP contribution in [0.1, 0.15) is 11.1 Å². The average Bonchev–Trinajstić information content (AvgIpc) is 3.13. The van der Waals surface area contributed by atoms with Gasteiger partial charge in [-0.3, -0.25) is 4.90 Å². The van der Waals surface area contributed by atoms with Crippen LogP contribution in [0.5, 0.6) is 0 Å². The molecule has 0 amide bonds. The highest BCUT2D eigenvalue weighted by Gasteiger charge is 2.19. The third kappa shape index (κ3) is 3.66. The molecule has 0 aliphatic carbocycles. The van der Waals surface area contributed by atoms with Gasteiger partial charge in [0.2, 0.25) is 0 Å². The fraction of sp³-hybridized carbons (Fsp3) is 0.231. The number of piperazine rings is 1. The van der Waals surface area contributed by atoms with Crippen molar-refractivity contribution in [3.8, 4) is 5.69 Å². The Morgan fingerprint density at radius 2 is 1.45 bits per heavy atom. The molecule has 0 bridgehead atoms. The molecule has 0 radical (unpaired) electrons. The van der Waals surface area contributed by atoms with Gasteiger partial charge in [-0.2, -0.15) is 0 Å². The Kier molecular flexibility index (Phi) is 4.82. The lowest BCUT2D eigenvalue weighted by atomic mass is 10.1. The number of hydrogen-bond donors (Lipinski definition) is 0. The largest absolute Gasteiger partial charge is 0.369 e. The monoisotopic (exact) mass is 381 g/mol. The predicted octanol–water partition coefficient (Wildman–Crippen LogP) is 5.26. The molecule has 146 valence electrons. The van der Waals surface area contributed by atoms with Crippen LogP contribution in [0.15, 0.2) is 85.1 Å². The first kappa shape index (κ1) is 18.0. The molecule has 4 aromatic rings. The Labute approximate surface area is 172 Å². The van der Waals surface area contributed by atoms with E-state index in [-0.39, 0.29) is 0 Å². The standard InChI is InChI=1S/C26H27N3/c1-21-8-7-11-24(18-21)29-20-22(25-12-5-6-13-26(25)29)19-27-14-16-28(17-15-27)23-9-3-2-4-10-23/h2-13,18,20H,14-17,19H2,1H3. The summed E-state index contributed by atoms with van der Waals surface area (Å²) < 4.78 is 2.35. The minimum atomic E-state index is 1.00. The lowest BCUT2D eigenvalue weighted by Gasteiger charge is -2.36. The van der Waals surface area contributed by atoms with Gasteiger partial charge in [0.05, 0.1) is 5.52 Å². The number of fused-ring (bicyclic) bond motifs is 1. The Morgan fingerprint density at radius 3 is 2.24 bits per heavy atom. The summed E-state index contributed by atoms with van der Waals surface area (Å²) in [6, 6.07) is 28.3. The molecule has 0 saturated carbocycles. The van der Waals surface area contributed by atoms with Gasteiger partial charge in [0, 0.05) is 55.7 Å². The van der Waals surface area contributed by atoms with Gasteiger partial charge in [-0.15, -0.1) is 0 Å². The number of benzene rings is 3. The van der Waals surface area contributed by atoms with Crippen molar-refractivity contribution in [3.05, 3.63) is 96.2 Å². The Bertz CT molecular complexity index is 1110. The number of para-hydroxylation sites is 2. The Balaban J connectivity index is 1.38. The zero-order valence-corrected chi connectivity index (χ0v) is 17.0. The maximum atomic E-state index is 2.59. The van der Waals surface area contributed by atoms with Gasteiger partial charge in [0.25, 0.3) is 0 Å². The van der Waals surface area contributed by atoms with Gasteiger partial charge in [0.1, 0.15) is 0 Å². The summed E-state index contributed by atoms with van der Waals surface area (Å²) in [7, 11) is 0. The average molecular weight is 382 g/mol. The summed E-state index contributed by atoms with van der Waals surface area (Å²) in [5.74, 6) is 0. The van der Waals surface area contributed by atoms with Crippen molar-refractivity contribution in [3.63, 3.8) is 0 Å². The van der Waals surface area contributed by atoms with Crippen LogP contribution in [0.2, 0.25) is 0 Å². The number of anilines is 1. The topological polar surface area (TPSA) is 11.4 Å². The normalized spacial score (nSPS) is 15.1. The van der Waals surface area contributed by atoms with Crippen LogP contribution in [0.3, 0.4) is 0 Å². The molecule has 1 fully saturated rings. The molecule has 0 unspecified atom stereocenters. The van der Waals surface area contributed by atoms with Crippen molar-refractivity contribution in [1.29, 1.82) is 0 Å². The molecule has 1 aromatic heterocycles. The maximum Gasteiger partial charge on any atom is 0.0531 e. The van der Waals surface area contributed by atoms with Crippen LogP contribution < -0.4 is 4.90 Å². The molecular formula is C26H27N3. The van der Waals surface area contributed by atoms with Crippen molar-refractivity contribution in [2.45, 2.75) is 13.5 Å². The van der Waals surface area contributed by atoms with Gasteiger partial charge < -0.3 is 9.47 Å². The van der Waals surface area contributed by atoms with E-state index >= 15 is 0 Å². The van der Waals surface area contributed by atoms with Crippen LogP contribution in [0.25, 0.3) is 16.6 Å². The SMILES string of the molecule is Cc1cccc(-n2cc(CN3CCN(c4ccccc4)CC3)c3ccccc32)c1. The molecule has 2 heterocycles. The summed E-state index contributed by atoms with van der Waals surface area (Å²) in [4.78, 5) is 5.08. The number of rotatable bonds is 4. The highest BCUT2D eigenvalue weighted by Crippen LogP contribution is 2.27. The molecule has 29 heavy (non-hydrogen) atoms. The van der Waals surface area contributed by atoms with Gasteiger partial charge >= 0.3 is 0 Å². The van der Waals surface area contributed by atoms with E-state index in [1.807, 2.05) is 0 Å². The highest BCUT2D eigenvalue weighted by molar-refractivity contribution is 5.85. The molecule has 1 aliphatic rings. The third-order valence-electron chi connectivity index (χ3n) is 5.96. The van der Waals surface area contributed by atoms with Crippen molar-refractivity contribution in [2.24, 2.45) is 0 Å². The lowest BCUT2D eigenvalue weighted by Crippen LogP contribution is -2.45. The van der Waals surface area contributed by atoms with E-state index in [0.717, 1.165) is 32.7 Å². The first-order chi connectivity index (χ1) is 14.3. The number of aromatic nitrogens is 1. The van der Waals surface area contributed by atoms with E-state index in [9.17, 15) is 0 Å². The minimum absolute atomic E-state index is 1.00. The minimum Gasteiger partial charge on any atom is -0.369 e. The summed E-state index contributed by atoms with van der Waals surface area (Å²) >= 11 is 0. The predicted molar refractivity (Wildman–Crippen MR) is 122 cm³/mol. The summed E-state index contributed by atoms with van der Waals surface area (Å²) in [5.41, 5.74) is 6.56. The van der Waals surface area contributed by atoms with Gasteiger partial charge in [-0.1, -0.05) is 48.5 Å². The summed E-state index contributed by atoms with van der Waals surface area (Å²) in [6.07, 6.45) is 2.34. The molecule has 5 rings (SSSR count). The molecule has 1 aliphatic heterocycles. The molecule has 3 heteroatoms. The quantitative estimate of drug-likeness (QED) is 0.478. The van der Waals surface area contributed by atoms with Crippen molar-refractivity contribution >= 4 is 16.6 Å². The van der Waals surface area contributed by atoms with Gasteiger partial charge in [-0.05, 0) is 48.4 Å². The van der Waals surface area contributed by atoms with Crippen LogP contribution in [-0.4, -0.2) is 35.6 Å². The molecular weight excluding hydrogens is 354 g/mol. The van der Waals surface area contributed by atoms with E-state index < -0.39 is 0 Å². The first-order valence-electron chi connectivity index (χ1n) is 10.5. The smallest absolute Gasteiger partial charge is 0.0531 e. The number of aryl methyl sites for hydroxylation is 1.